The van der Waals surface area contributed by atoms with Crippen molar-refractivity contribution in [2.45, 2.75) is 45.6 Å². The van der Waals surface area contributed by atoms with Gasteiger partial charge in [-0.1, -0.05) is 42.0 Å². The minimum atomic E-state index is -0.318. The van der Waals surface area contributed by atoms with E-state index in [-0.39, 0.29) is 29.7 Å². The average Bonchev–Trinajstić information content (AvgIpc) is 3.31. The smallest absolute Gasteiger partial charge is 0.274 e. The van der Waals surface area contributed by atoms with Gasteiger partial charge in [0.2, 0.25) is 5.91 Å². The van der Waals surface area contributed by atoms with Crippen LogP contribution in [0.25, 0.3) is 0 Å². The molecule has 2 aliphatic rings. The fourth-order valence-electron chi connectivity index (χ4n) is 4.76. The Bertz CT molecular complexity index is 1220. The molecule has 3 aromatic rings. The molecular weight excluding hydrogens is 447 g/mol. The van der Waals surface area contributed by atoms with Crippen molar-refractivity contribution in [3.05, 3.63) is 88.8 Å². The fraction of sp³-hybridized carbons (Fsp3) is 0.370. The van der Waals surface area contributed by atoms with Gasteiger partial charge in [0.15, 0.2) is 5.69 Å². The average molecular weight is 477 g/mol. The fourth-order valence-corrected chi connectivity index (χ4v) is 4.76. The zero-order chi connectivity index (χ0) is 24.4. The highest BCUT2D eigenvalue weighted by Crippen LogP contribution is 2.29. The van der Waals surface area contributed by atoms with Gasteiger partial charge < -0.3 is 19.5 Å². The molecule has 7 nitrogen and oxygen atoms in total. The summed E-state index contributed by atoms with van der Waals surface area (Å²) in [6.07, 6.45) is 2.83. The Morgan fingerprint density at radius 3 is 2.66 bits per heavy atom. The summed E-state index contributed by atoms with van der Waals surface area (Å²) < 4.78 is 21.4. The number of aryl methyl sites for hydroxylation is 1. The third-order valence-corrected chi connectivity index (χ3v) is 6.89. The van der Waals surface area contributed by atoms with Gasteiger partial charge in [-0.2, -0.15) is 0 Å². The lowest BCUT2D eigenvalue weighted by atomic mass is 9.95. The van der Waals surface area contributed by atoms with Crippen LogP contribution in [0, 0.1) is 18.7 Å². The van der Waals surface area contributed by atoms with E-state index in [2.05, 4.69) is 41.5 Å². The van der Waals surface area contributed by atoms with Gasteiger partial charge in [-0.15, -0.1) is 0 Å². The molecule has 1 aromatic heterocycles. The highest BCUT2D eigenvalue weighted by molar-refractivity contribution is 5.93. The molecule has 2 amide bonds. The molecule has 1 unspecified atom stereocenters. The zero-order valence-corrected chi connectivity index (χ0v) is 19.7. The molecule has 182 valence electrons. The molecule has 5 rings (SSSR count). The predicted octanol–water partition coefficient (Wildman–Crippen LogP) is 3.77. The number of benzene rings is 2. The molecule has 1 N–H and O–H groups in total. The first kappa shape index (κ1) is 23.2. The Balaban J connectivity index is 1.15. The Labute approximate surface area is 203 Å². The van der Waals surface area contributed by atoms with Crippen LogP contribution in [0.15, 0.2) is 54.9 Å². The highest BCUT2D eigenvalue weighted by atomic mass is 19.1. The summed E-state index contributed by atoms with van der Waals surface area (Å²) in [4.78, 5) is 32.0. The number of piperidine rings is 1. The van der Waals surface area contributed by atoms with Gasteiger partial charge in [-0.05, 0) is 43.0 Å². The molecule has 1 fully saturated rings. The van der Waals surface area contributed by atoms with Gasteiger partial charge in [-0.3, -0.25) is 9.59 Å². The molecule has 1 atom stereocenters. The number of ether oxygens (including phenoxy) is 1. The van der Waals surface area contributed by atoms with Crippen molar-refractivity contribution in [3.63, 3.8) is 0 Å². The first-order chi connectivity index (χ1) is 17.0. The first-order valence-electron chi connectivity index (χ1n) is 12.0. The van der Waals surface area contributed by atoms with Crippen molar-refractivity contribution in [2.24, 2.45) is 5.92 Å². The first-order valence-corrected chi connectivity index (χ1v) is 12.0. The van der Waals surface area contributed by atoms with Gasteiger partial charge in [0.25, 0.3) is 5.91 Å². The second-order valence-corrected chi connectivity index (χ2v) is 9.32. The van der Waals surface area contributed by atoms with Gasteiger partial charge >= 0.3 is 0 Å². The van der Waals surface area contributed by atoms with Crippen LogP contribution in [-0.4, -0.2) is 39.4 Å². The SMILES string of the molecule is Cc1ccc(C2Cn3cnc(C(=O)N4CCC(C(=O)NCc5cccc(F)c5)CC4)c3CO2)cc1. The summed E-state index contributed by atoms with van der Waals surface area (Å²) in [5.41, 5.74) is 4.27. The number of rotatable bonds is 5. The number of aromatic nitrogens is 2. The molecule has 0 spiro atoms. The molecule has 8 heteroatoms. The van der Waals surface area contributed by atoms with Crippen LogP contribution < -0.4 is 5.32 Å². The van der Waals surface area contributed by atoms with Crippen LogP contribution in [0.4, 0.5) is 4.39 Å². The van der Waals surface area contributed by atoms with Crippen molar-refractivity contribution < 1.29 is 18.7 Å². The summed E-state index contributed by atoms with van der Waals surface area (Å²) in [5.74, 6) is -0.658. The summed E-state index contributed by atoms with van der Waals surface area (Å²) in [5, 5.41) is 2.89. The number of hydrogen-bond acceptors (Lipinski definition) is 4. The minimum Gasteiger partial charge on any atom is -0.365 e. The number of nitrogens with zero attached hydrogens (tertiary/aromatic N) is 3. The number of imidazole rings is 1. The quantitative estimate of drug-likeness (QED) is 0.608. The van der Waals surface area contributed by atoms with Crippen molar-refractivity contribution in [2.75, 3.05) is 13.1 Å². The van der Waals surface area contributed by atoms with Crippen LogP contribution in [-0.2, 0) is 29.2 Å². The zero-order valence-electron chi connectivity index (χ0n) is 19.7. The number of carbonyl (C=O) groups excluding carboxylic acids is 2. The Morgan fingerprint density at radius 2 is 1.91 bits per heavy atom. The van der Waals surface area contributed by atoms with Crippen molar-refractivity contribution in [1.29, 1.82) is 0 Å². The molecule has 2 aromatic carbocycles. The Hall–Kier alpha value is -3.52. The number of carbonyl (C=O) groups is 2. The van der Waals surface area contributed by atoms with E-state index in [9.17, 15) is 14.0 Å². The van der Waals surface area contributed by atoms with E-state index in [1.807, 2.05) is 4.57 Å². The lowest BCUT2D eigenvalue weighted by Gasteiger charge is -2.31. The van der Waals surface area contributed by atoms with E-state index in [1.165, 1.54) is 17.7 Å². The van der Waals surface area contributed by atoms with E-state index >= 15 is 0 Å². The number of amides is 2. The summed E-state index contributed by atoms with van der Waals surface area (Å²) >= 11 is 0. The lowest BCUT2D eigenvalue weighted by molar-refractivity contribution is -0.126. The maximum Gasteiger partial charge on any atom is 0.274 e. The van der Waals surface area contributed by atoms with Gasteiger partial charge in [0, 0.05) is 25.6 Å². The summed E-state index contributed by atoms with van der Waals surface area (Å²) in [6.45, 7) is 4.29. The molecule has 2 aliphatic heterocycles. The number of likely N-dealkylation sites (tertiary alicyclic amines) is 1. The minimum absolute atomic E-state index is 0.0590. The number of fused-ring (bicyclic) bond motifs is 1. The normalized spacial score (nSPS) is 18.2. The maximum atomic E-state index is 13.3. The number of halogens is 1. The van der Waals surface area contributed by atoms with Crippen molar-refractivity contribution in [3.8, 4) is 0 Å². The molecule has 0 radical (unpaired) electrons. The molecule has 35 heavy (non-hydrogen) atoms. The largest absolute Gasteiger partial charge is 0.365 e. The van der Waals surface area contributed by atoms with Crippen molar-refractivity contribution >= 4 is 11.8 Å². The summed E-state index contributed by atoms with van der Waals surface area (Å²) in [6, 6.07) is 14.5. The van der Waals surface area contributed by atoms with E-state index in [0.29, 0.717) is 51.3 Å². The number of nitrogens with one attached hydrogen (secondary N) is 1. The predicted molar refractivity (Wildman–Crippen MR) is 128 cm³/mol. The number of hydrogen-bond donors (Lipinski definition) is 1. The van der Waals surface area contributed by atoms with E-state index in [4.69, 9.17) is 4.74 Å². The maximum absolute atomic E-state index is 13.3. The Kier molecular flexibility index (Phi) is 6.63. The van der Waals surface area contributed by atoms with Gasteiger partial charge in [-0.25, -0.2) is 9.37 Å². The highest BCUT2D eigenvalue weighted by Gasteiger charge is 2.32. The summed E-state index contributed by atoms with van der Waals surface area (Å²) in [7, 11) is 0. The van der Waals surface area contributed by atoms with Gasteiger partial charge in [0.1, 0.15) is 11.9 Å². The van der Waals surface area contributed by atoms with Crippen LogP contribution in [0.2, 0.25) is 0 Å². The third-order valence-electron chi connectivity index (χ3n) is 6.89. The third kappa shape index (κ3) is 5.12. The molecule has 1 saturated heterocycles. The van der Waals surface area contributed by atoms with Crippen LogP contribution in [0.5, 0.6) is 0 Å². The van der Waals surface area contributed by atoms with Crippen molar-refractivity contribution in [1.82, 2.24) is 19.8 Å². The molecule has 0 aliphatic carbocycles. The van der Waals surface area contributed by atoms with E-state index in [1.54, 1.807) is 23.4 Å². The van der Waals surface area contributed by atoms with E-state index in [0.717, 1.165) is 16.8 Å². The molecule has 0 saturated carbocycles. The standard InChI is InChI=1S/C27H29FN4O3/c1-18-5-7-20(8-6-18)24-15-32-17-30-25(23(32)16-35-24)27(34)31-11-9-21(10-12-31)26(33)29-14-19-3-2-4-22(28)13-19/h2-8,13,17,21,24H,9-12,14-16H2,1H3,(H,29,33). The van der Waals surface area contributed by atoms with Gasteiger partial charge in [0.05, 0.1) is 25.2 Å². The molecule has 0 bridgehead atoms. The second-order valence-electron chi connectivity index (χ2n) is 9.32. The lowest BCUT2D eigenvalue weighted by Crippen LogP contribution is -2.43. The molecular formula is C27H29FN4O3. The molecule has 3 heterocycles. The van der Waals surface area contributed by atoms with Crippen LogP contribution >= 0.6 is 0 Å². The monoisotopic (exact) mass is 476 g/mol. The second kappa shape index (κ2) is 10.00. The van der Waals surface area contributed by atoms with E-state index < -0.39 is 0 Å². The van der Waals surface area contributed by atoms with Crippen LogP contribution in [0.3, 0.4) is 0 Å². The Morgan fingerprint density at radius 1 is 1.14 bits per heavy atom. The topological polar surface area (TPSA) is 76.5 Å². The van der Waals surface area contributed by atoms with Crippen LogP contribution in [0.1, 0.15) is 51.8 Å².